The molecule has 1 aliphatic rings. The fourth-order valence-corrected chi connectivity index (χ4v) is 3.80. The lowest BCUT2D eigenvalue weighted by molar-refractivity contribution is 0.0990. The van der Waals surface area contributed by atoms with Crippen LogP contribution >= 0.6 is 7.60 Å². The first-order valence-corrected chi connectivity index (χ1v) is 9.01. The van der Waals surface area contributed by atoms with E-state index in [1.807, 2.05) is 0 Å². The number of rotatable bonds is 8. The molecule has 6 nitrogen and oxygen atoms in total. The Morgan fingerprint density at radius 3 is 2.32 bits per heavy atom. The van der Waals surface area contributed by atoms with Crippen LogP contribution in [-0.2, 0) is 20.0 Å². The first kappa shape index (κ1) is 17.0. The molecule has 0 aromatic heterocycles. The number of ether oxygens (including phenoxy) is 2. The number of benzene rings is 1. The molecule has 0 atom stereocenters. The summed E-state index contributed by atoms with van der Waals surface area (Å²) in [5, 5.41) is 0. The lowest BCUT2D eigenvalue weighted by Crippen LogP contribution is -2.08. The minimum atomic E-state index is -3.31. The van der Waals surface area contributed by atoms with Crippen LogP contribution in [0.2, 0.25) is 0 Å². The van der Waals surface area contributed by atoms with Crippen LogP contribution in [0.1, 0.15) is 36.2 Å². The highest BCUT2D eigenvalue weighted by atomic mass is 31.2. The van der Waals surface area contributed by atoms with Crippen molar-refractivity contribution < 1.29 is 27.9 Å². The highest BCUT2D eigenvalue weighted by molar-refractivity contribution is 7.53. The van der Waals surface area contributed by atoms with Gasteiger partial charge in [0.15, 0.2) is 12.1 Å². The van der Waals surface area contributed by atoms with Gasteiger partial charge in [0.1, 0.15) is 11.5 Å². The Balaban J connectivity index is 2.22. The number of carbonyl (C=O) groups excluding carboxylic acids is 1. The monoisotopic (exact) mass is 328 g/mol. The minimum absolute atomic E-state index is 0.00607. The number of hydrogen-bond acceptors (Lipinski definition) is 6. The molecule has 1 aromatic rings. The van der Waals surface area contributed by atoms with Crippen LogP contribution in [0.3, 0.4) is 0 Å². The van der Waals surface area contributed by atoms with E-state index in [4.69, 9.17) is 18.5 Å². The summed E-state index contributed by atoms with van der Waals surface area (Å²) in [6, 6.07) is 3.40. The molecular weight excluding hydrogens is 307 g/mol. The maximum Gasteiger partial charge on any atom is 0.367 e. The summed E-state index contributed by atoms with van der Waals surface area (Å²) in [5.41, 5.74) is 1.35. The molecule has 0 spiro atoms. The van der Waals surface area contributed by atoms with Gasteiger partial charge in [-0.1, -0.05) is 0 Å². The Bertz CT molecular complexity index is 588. The second-order valence-corrected chi connectivity index (χ2v) is 6.76. The summed E-state index contributed by atoms with van der Waals surface area (Å²) in [7, 11) is -1.75. The molecule has 0 fully saturated rings. The molecule has 0 unspecified atom stereocenters. The van der Waals surface area contributed by atoms with Crippen molar-refractivity contribution in [3.63, 3.8) is 0 Å². The van der Waals surface area contributed by atoms with Crippen LogP contribution in [0, 0.1) is 0 Å². The van der Waals surface area contributed by atoms with Gasteiger partial charge in [-0.2, -0.15) is 0 Å². The molecule has 0 radical (unpaired) electrons. The van der Waals surface area contributed by atoms with Crippen molar-refractivity contribution in [2.45, 2.75) is 26.7 Å². The standard InChI is InChI=1S/C15H21O6P/c1-4-20-22(17,21-5-2)10-19-14-9-8-13(18-3)11-6-7-12(16)15(11)14/h8-9H,4-7,10H2,1-3H3. The van der Waals surface area contributed by atoms with Gasteiger partial charge in [-0.05, 0) is 32.4 Å². The highest BCUT2D eigenvalue weighted by Gasteiger charge is 2.30. The van der Waals surface area contributed by atoms with Crippen LogP contribution in [0.4, 0.5) is 0 Å². The van der Waals surface area contributed by atoms with Crippen molar-refractivity contribution in [2.75, 3.05) is 26.7 Å². The molecule has 2 rings (SSSR count). The van der Waals surface area contributed by atoms with Crippen LogP contribution in [0.25, 0.3) is 0 Å². The maximum atomic E-state index is 12.4. The predicted octanol–water partition coefficient (Wildman–Crippen LogP) is 3.43. The summed E-state index contributed by atoms with van der Waals surface area (Å²) in [5.74, 6) is 1.08. The quantitative estimate of drug-likeness (QED) is 0.681. The Labute approximate surface area is 130 Å². The highest BCUT2D eigenvalue weighted by Crippen LogP contribution is 2.48. The molecule has 1 aromatic carbocycles. The van der Waals surface area contributed by atoms with Crippen molar-refractivity contribution in [3.05, 3.63) is 23.3 Å². The van der Waals surface area contributed by atoms with Gasteiger partial charge >= 0.3 is 7.60 Å². The zero-order chi connectivity index (χ0) is 16.2. The van der Waals surface area contributed by atoms with E-state index < -0.39 is 7.60 Å². The molecule has 0 N–H and O–H groups in total. The van der Waals surface area contributed by atoms with Crippen molar-refractivity contribution in [2.24, 2.45) is 0 Å². The van der Waals surface area contributed by atoms with E-state index in [0.717, 1.165) is 5.56 Å². The number of Topliss-reactive ketones (excluding diaryl/α,β-unsaturated/α-hetero) is 1. The molecule has 0 heterocycles. The summed E-state index contributed by atoms with van der Waals surface area (Å²) >= 11 is 0. The second kappa shape index (κ2) is 7.27. The molecule has 7 heteroatoms. The topological polar surface area (TPSA) is 71.1 Å². The third-order valence-corrected chi connectivity index (χ3v) is 5.11. The van der Waals surface area contributed by atoms with E-state index in [9.17, 15) is 9.36 Å². The van der Waals surface area contributed by atoms with E-state index in [2.05, 4.69) is 0 Å². The fourth-order valence-electron chi connectivity index (χ4n) is 2.49. The Morgan fingerprint density at radius 2 is 1.73 bits per heavy atom. The van der Waals surface area contributed by atoms with Gasteiger partial charge < -0.3 is 18.5 Å². The smallest absolute Gasteiger partial charge is 0.367 e. The fraction of sp³-hybridized carbons (Fsp3) is 0.533. The Kier molecular flexibility index (Phi) is 5.62. The van der Waals surface area contributed by atoms with E-state index >= 15 is 0 Å². The summed E-state index contributed by atoms with van der Waals surface area (Å²) in [6.07, 6.45) is 0.838. The summed E-state index contributed by atoms with van der Waals surface area (Å²) in [6.45, 7) is 4.00. The zero-order valence-electron chi connectivity index (χ0n) is 13.1. The van der Waals surface area contributed by atoms with Gasteiger partial charge in [0.25, 0.3) is 0 Å². The molecule has 0 saturated heterocycles. The second-order valence-electron chi connectivity index (χ2n) is 4.76. The average Bonchev–Trinajstić information content (AvgIpc) is 2.88. The van der Waals surface area contributed by atoms with Gasteiger partial charge in [-0.15, -0.1) is 0 Å². The van der Waals surface area contributed by atoms with Crippen LogP contribution < -0.4 is 9.47 Å². The third kappa shape index (κ3) is 3.51. The van der Waals surface area contributed by atoms with Gasteiger partial charge in [0, 0.05) is 12.0 Å². The summed E-state index contributed by atoms with van der Waals surface area (Å²) < 4.78 is 33.6. The lowest BCUT2D eigenvalue weighted by atomic mass is 10.1. The Morgan fingerprint density at radius 1 is 1.09 bits per heavy atom. The Hall–Kier alpha value is -1.36. The number of methoxy groups -OCH3 is 1. The van der Waals surface area contributed by atoms with E-state index in [1.165, 1.54) is 0 Å². The molecule has 1 aliphatic carbocycles. The van der Waals surface area contributed by atoms with Crippen molar-refractivity contribution in [1.82, 2.24) is 0 Å². The predicted molar refractivity (Wildman–Crippen MR) is 82.0 cm³/mol. The number of carbonyl (C=O) groups is 1. The largest absolute Gasteiger partial charge is 0.496 e. The van der Waals surface area contributed by atoms with E-state index in [-0.39, 0.29) is 25.3 Å². The molecule has 122 valence electrons. The molecule has 22 heavy (non-hydrogen) atoms. The normalized spacial score (nSPS) is 14.0. The first-order chi connectivity index (χ1) is 10.5. The third-order valence-electron chi connectivity index (χ3n) is 3.36. The van der Waals surface area contributed by atoms with Crippen LogP contribution in [0.5, 0.6) is 11.5 Å². The van der Waals surface area contributed by atoms with Gasteiger partial charge in [0.05, 0.1) is 25.9 Å². The SMILES string of the molecule is CCOP(=O)(COc1ccc(OC)c2c1C(=O)CC2)OCC. The number of hydrogen-bond donors (Lipinski definition) is 0. The number of fused-ring (bicyclic) bond motifs is 1. The maximum absolute atomic E-state index is 12.4. The van der Waals surface area contributed by atoms with Gasteiger partial charge in [-0.3, -0.25) is 9.36 Å². The van der Waals surface area contributed by atoms with Crippen molar-refractivity contribution in [3.8, 4) is 11.5 Å². The molecule has 0 amide bonds. The molecule has 0 saturated carbocycles. The summed E-state index contributed by atoms with van der Waals surface area (Å²) in [4.78, 5) is 12.1. The number of ketones is 1. The van der Waals surface area contributed by atoms with E-state index in [0.29, 0.717) is 29.9 Å². The average molecular weight is 328 g/mol. The van der Waals surface area contributed by atoms with Gasteiger partial charge in [0.2, 0.25) is 0 Å². The zero-order valence-corrected chi connectivity index (χ0v) is 14.0. The molecule has 0 bridgehead atoms. The molecular formula is C15H21O6P. The van der Waals surface area contributed by atoms with Crippen molar-refractivity contribution >= 4 is 13.4 Å². The van der Waals surface area contributed by atoms with E-state index in [1.54, 1.807) is 33.1 Å². The van der Waals surface area contributed by atoms with Crippen molar-refractivity contribution in [1.29, 1.82) is 0 Å². The van der Waals surface area contributed by atoms with Gasteiger partial charge in [-0.25, -0.2) is 0 Å². The molecule has 0 aliphatic heterocycles. The lowest BCUT2D eigenvalue weighted by Gasteiger charge is -2.18. The minimum Gasteiger partial charge on any atom is -0.496 e. The van der Waals surface area contributed by atoms with Crippen LogP contribution in [0.15, 0.2) is 12.1 Å². The van der Waals surface area contributed by atoms with Crippen LogP contribution in [-0.4, -0.2) is 32.5 Å². The first-order valence-electron chi connectivity index (χ1n) is 7.28.